The third-order valence-electron chi connectivity index (χ3n) is 6.92. The third kappa shape index (κ3) is 6.61. The summed E-state index contributed by atoms with van der Waals surface area (Å²) < 4.78 is 5.51. The number of hydrogen-bond acceptors (Lipinski definition) is 4. The second-order valence-corrected chi connectivity index (χ2v) is 9.69. The SMILES string of the molecule is COc1cc(C)c(C(C(=O)Nc2ccccc2)N(CCc2c[nH]c3ccccc23)C(=O)CCN=C(N)N)cc1C. The number of methoxy groups -OCH3 is 1. The van der Waals surface area contributed by atoms with Gasteiger partial charge in [-0.05, 0) is 72.9 Å². The number of nitrogens with zero attached hydrogens (tertiary/aromatic N) is 2. The molecule has 6 N–H and O–H groups in total. The number of aliphatic imine (C=N–C) groups is 1. The Morgan fingerprint density at radius 1 is 1.02 bits per heavy atom. The molecule has 208 valence electrons. The molecule has 0 aliphatic carbocycles. The van der Waals surface area contributed by atoms with E-state index in [0.29, 0.717) is 24.4 Å². The summed E-state index contributed by atoms with van der Waals surface area (Å²) in [6.07, 6.45) is 2.55. The molecule has 9 heteroatoms. The molecule has 0 saturated heterocycles. The van der Waals surface area contributed by atoms with Gasteiger partial charge in [0.05, 0.1) is 13.7 Å². The number of benzene rings is 3. The molecule has 4 rings (SSSR count). The lowest BCUT2D eigenvalue weighted by atomic mass is 9.95. The second-order valence-electron chi connectivity index (χ2n) is 9.69. The maximum Gasteiger partial charge on any atom is 0.251 e. The zero-order chi connectivity index (χ0) is 28.6. The Morgan fingerprint density at radius 3 is 2.48 bits per heavy atom. The van der Waals surface area contributed by atoms with Crippen molar-refractivity contribution in [2.45, 2.75) is 32.7 Å². The number of rotatable bonds is 11. The van der Waals surface area contributed by atoms with Crippen LogP contribution in [0.25, 0.3) is 10.9 Å². The Labute approximate surface area is 234 Å². The summed E-state index contributed by atoms with van der Waals surface area (Å²) in [5.74, 6) is 0.0879. The van der Waals surface area contributed by atoms with Crippen LogP contribution >= 0.6 is 0 Å². The normalized spacial score (nSPS) is 11.6. The summed E-state index contributed by atoms with van der Waals surface area (Å²) >= 11 is 0. The molecule has 9 nitrogen and oxygen atoms in total. The number of H-pyrrole nitrogens is 1. The van der Waals surface area contributed by atoms with Gasteiger partial charge < -0.3 is 31.4 Å². The number of para-hydroxylation sites is 2. The van der Waals surface area contributed by atoms with E-state index >= 15 is 0 Å². The van der Waals surface area contributed by atoms with Gasteiger partial charge in [0.2, 0.25) is 5.91 Å². The fraction of sp³-hybridized carbons (Fsp3) is 0.258. The first-order valence-corrected chi connectivity index (χ1v) is 13.2. The Hall–Kier alpha value is -4.79. The number of carbonyl (C=O) groups excluding carboxylic acids is 2. The molecule has 0 aliphatic heterocycles. The van der Waals surface area contributed by atoms with Crippen molar-refractivity contribution in [3.8, 4) is 5.75 Å². The minimum Gasteiger partial charge on any atom is -0.496 e. The van der Waals surface area contributed by atoms with Crippen molar-refractivity contribution in [2.75, 3.05) is 25.5 Å². The Morgan fingerprint density at radius 2 is 1.75 bits per heavy atom. The lowest BCUT2D eigenvalue weighted by Gasteiger charge is -2.33. The quantitative estimate of drug-likeness (QED) is 0.167. The third-order valence-corrected chi connectivity index (χ3v) is 6.92. The first kappa shape index (κ1) is 28.2. The van der Waals surface area contributed by atoms with Crippen LogP contribution in [0.1, 0.15) is 34.7 Å². The van der Waals surface area contributed by atoms with Crippen LogP contribution in [0.15, 0.2) is 77.9 Å². The number of ether oxygens (including phenoxy) is 1. The Balaban J connectivity index is 1.76. The minimum atomic E-state index is -0.901. The molecule has 4 aromatic rings. The maximum absolute atomic E-state index is 14.0. The number of carbonyl (C=O) groups is 2. The molecule has 0 spiro atoms. The fourth-order valence-corrected chi connectivity index (χ4v) is 4.91. The van der Waals surface area contributed by atoms with Gasteiger partial charge in [-0.1, -0.05) is 36.4 Å². The van der Waals surface area contributed by atoms with Crippen molar-refractivity contribution >= 4 is 34.4 Å². The molecule has 1 atom stereocenters. The Bertz CT molecular complexity index is 1510. The molecule has 0 radical (unpaired) electrons. The lowest BCUT2D eigenvalue weighted by Crippen LogP contribution is -2.43. The molecule has 2 amide bonds. The smallest absolute Gasteiger partial charge is 0.251 e. The highest BCUT2D eigenvalue weighted by atomic mass is 16.5. The number of anilines is 1. The summed E-state index contributed by atoms with van der Waals surface area (Å²) in [6, 6.07) is 20.1. The summed E-state index contributed by atoms with van der Waals surface area (Å²) in [5.41, 5.74) is 16.2. The van der Waals surface area contributed by atoms with Crippen LogP contribution in [0.3, 0.4) is 0 Å². The van der Waals surface area contributed by atoms with Gasteiger partial charge in [-0.2, -0.15) is 0 Å². The van der Waals surface area contributed by atoms with E-state index in [-0.39, 0.29) is 30.7 Å². The van der Waals surface area contributed by atoms with Gasteiger partial charge in [-0.15, -0.1) is 0 Å². The van der Waals surface area contributed by atoms with Gasteiger partial charge in [0.15, 0.2) is 5.96 Å². The monoisotopic (exact) mass is 540 g/mol. The van der Waals surface area contributed by atoms with Crippen LogP contribution in [0.4, 0.5) is 5.69 Å². The summed E-state index contributed by atoms with van der Waals surface area (Å²) in [7, 11) is 1.61. The standard InChI is InChI=1S/C31H36N6O3/c1-20-18-27(40-3)21(2)17-25(20)29(30(39)36-23-9-5-4-6-10-23)37(28(38)13-15-34-31(32)33)16-14-22-19-35-26-12-8-7-11-24(22)26/h4-12,17-19,29,35H,13-16H2,1-3H3,(H,36,39)(H4,32,33,34). The topological polar surface area (TPSA) is 139 Å². The van der Waals surface area contributed by atoms with E-state index in [4.69, 9.17) is 16.2 Å². The predicted molar refractivity (Wildman–Crippen MR) is 159 cm³/mol. The van der Waals surface area contributed by atoms with E-state index in [0.717, 1.165) is 33.2 Å². The first-order valence-electron chi connectivity index (χ1n) is 13.2. The van der Waals surface area contributed by atoms with Gasteiger partial charge >= 0.3 is 0 Å². The van der Waals surface area contributed by atoms with Crippen LogP contribution in [0.5, 0.6) is 5.75 Å². The number of fused-ring (bicyclic) bond motifs is 1. The van der Waals surface area contributed by atoms with Crippen LogP contribution in [0, 0.1) is 13.8 Å². The molecule has 40 heavy (non-hydrogen) atoms. The average molecular weight is 541 g/mol. The van der Waals surface area contributed by atoms with E-state index in [2.05, 4.69) is 15.3 Å². The molecular formula is C31H36N6O3. The van der Waals surface area contributed by atoms with Crippen molar-refractivity contribution in [1.82, 2.24) is 9.88 Å². The van der Waals surface area contributed by atoms with E-state index in [1.54, 1.807) is 12.0 Å². The first-order chi connectivity index (χ1) is 19.3. The highest BCUT2D eigenvalue weighted by Crippen LogP contribution is 2.32. The summed E-state index contributed by atoms with van der Waals surface area (Å²) in [6.45, 7) is 4.27. The van der Waals surface area contributed by atoms with Gasteiger partial charge in [-0.25, -0.2) is 0 Å². The molecule has 0 saturated carbocycles. The zero-order valence-corrected chi connectivity index (χ0v) is 23.1. The number of aromatic nitrogens is 1. The van der Waals surface area contributed by atoms with Gasteiger partial charge in [0.1, 0.15) is 11.8 Å². The highest BCUT2D eigenvalue weighted by molar-refractivity contribution is 5.98. The molecule has 0 bridgehead atoms. The van der Waals surface area contributed by atoms with E-state index < -0.39 is 6.04 Å². The van der Waals surface area contributed by atoms with Crippen molar-refractivity contribution in [3.05, 3.63) is 95.2 Å². The summed E-state index contributed by atoms with van der Waals surface area (Å²) in [5, 5.41) is 4.09. The molecule has 0 aliphatic rings. The molecule has 1 aromatic heterocycles. The number of aromatic amines is 1. The average Bonchev–Trinajstić information content (AvgIpc) is 3.35. The van der Waals surface area contributed by atoms with E-state index in [9.17, 15) is 9.59 Å². The van der Waals surface area contributed by atoms with Crippen LogP contribution in [-0.2, 0) is 16.0 Å². The fourth-order valence-electron chi connectivity index (χ4n) is 4.91. The molecule has 1 unspecified atom stereocenters. The van der Waals surface area contributed by atoms with E-state index in [1.165, 1.54) is 0 Å². The van der Waals surface area contributed by atoms with Crippen molar-refractivity contribution in [3.63, 3.8) is 0 Å². The second kappa shape index (κ2) is 12.8. The van der Waals surface area contributed by atoms with Crippen LogP contribution in [0.2, 0.25) is 0 Å². The number of amides is 2. The van der Waals surface area contributed by atoms with Crippen molar-refractivity contribution < 1.29 is 14.3 Å². The molecule has 0 fully saturated rings. The van der Waals surface area contributed by atoms with Gasteiger partial charge in [0, 0.05) is 35.8 Å². The number of guanidine groups is 1. The Kier molecular flexibility index (Phi) is 9.06. The van der Waals surface area contributed by atoms with Gasteiger partial charge in [-0.3, -0.25) is 14.6 Å². The zero-order valence-electron chi connectivity index (χ0n) is 23.1. The number of nitrogens with one attached hydrogen (secondary N) is 2. The molecular weight excluding hydrogens is 504 g/mol. The highest BCUT2D eigenvalue weighted by Gasteiger charge is 2.33. The van der Waals surface area contributed by atoms with Crippen molar-refractivity contribution in [2.24, 2.45) is 16.5 Å². The minimum absolute atomic E-state index is 0.0507. The number of nitrogens with two attached hydrogens (primary N) is 2. The molecule has 3 aromatic carbocycles. The van der Waals surface area contributed by atoms with Crippen LogP contribution < -0.4 is 21.5 Å². The maximum atomic E-state index is 14.0. The van der Waals surface area contributed by atoms with Crippen molar-refractivity contribution in [1.29, 1.82) is 0 Å². The predicted octanol–water partition coefficient (Wildman–Crippen LogP) is 4.21. The number of aryl methyl sites for hydroxylation is 2. The largest absolute Gasteiger partial charge is 0.496 e. The van der Waals surface area contributed by atoms with E-state index in [1.807, 2.05) is 86.8 Å². The summed E-state index contributed by atoms with van der Waals surface area (Å²) in [4.78, 5) is 36.8. The van der Waals surface area contributed by atoms with Gasteiger partial charge in [0.25, 0.3) is 5.91 Å². The van der Waals surface area contributed by atoms with Crippen LogP contribution in [-0.4, -0.2) is 47.9 Å². The lowest BCUT2D eigenvalue weighted by molar-refractivity contribution is -0.138. The molecule has 1 heterocycles. The number of hydrogen-bond donors (Lipinski definition) is 4.